The molecule has 0 atom stereocenters. The summed E-state index contributed by atoms with van der Waals surface area (Å²) >= 11 is 0. The van der Waals surface area contributed by atoms with Crippen molar-refractivity contribution >= 4 is 21.9 Å². The van der Waals surface area contributed by atoms with E-state index in [9.17, 15) is 0 Å². The van der Waals surface area contributed by atoms with Crippen LogP contribution >= 0.6 is 0 Å². The quantitative estimate of drug-likeness (QED) is 0.561. The average molecular weight is 395 g/mol. The van der Waals surface area contributed by atoms with Gasteiger partial charge in [-0.1, -0.05) is 0 Å². The van der Waals surface area contributed by atoms with Crippen molar-refractivity contribution < 1.29 is 13.9 Å². The van der Waals surface area contributed by atoms with Crippen LogP contribution in [0.5, 0.6) is 11.5 Å². The average Bonchev–Trinajstić information content (AvgIpc) is 3.49. The third-order valence-corrected chi connectivity index (χ3v) is 6.16. The fraction of sp³-hybridized carbons (Fsp3) is 0.500. The molecule has 0 aliphatic carbocycles. The van der Waals surface area contributed by atoms with E-state index in [1.54, 1.807) is 0 Å². The van der Waals surface area contributed by atoms with Crippen molar-refractivity contribution in [3.63, 3.8) is 0 Å². The summed E-state index contributed by atoms with van der Waals surface area (Å²) in [6.07, 6.45) is 5.26. The fourth-order valence-corrected chi connectivity index (χ4v) is 4.51. The molecule has 29 heavy (non-hydrogen) atoms. The van der Waals surface area contributed by atoms with E-state index in [0.717, 1.165) is 59.7 Å². The van der Waals surface area contributed by atoms with E-state index in [-0.39, 0.29) is 0 Å². The van der Waals surface area contributed by atoms with Crippen LogP contribution in [0.15, 0.2) is 40.8 Å². The first-order valence-corrected chi connectivity index (χ1v) is 11.0. The first kappa shape index (κ1) is 18.8. The molecule has 0 amide bonds. The molecule has 154 valence electrons. The van der Waals surface area contributed by atoms with Crippen LogP contribution in [-0.2, 0) is 0 Å². The Morgan fingerprint density at radius 1 is 0.655 bits per heavy atom. The van der Waals surface area contributed by atoms with Gasteiger partial charge in [-0.05, 0) is 88.3 Å². The van der Waals surface area contributed by atoms with Crippen molar-refractivity contribution in [3.05, 3.63) is 36.4 Å². The largest absolute Gasteiger partial charge is 0.492 e. The van der Waals surface area contributed by atoms with Gasteiger partial charge in [0.25, 0.3) is 0 Å². The molecular weight excluding hydrogens is 364 g/mol. The Morgan fingerprint density at radius 3 is 1.55 bits per heavy atom. The van der Waals surface area contributed by atoms with E-state index < -0.39 is 0 Å². The topological polar surface area (TPSA) is 38.1 Å². The summed E-state index contributed by atoms with van der Waals surface area (Å²) in [6, 6.07) is 12.2. The van der Waals surface area contributed by atoms with Crippen molar-refractivity contribution in [2.75, 3.05) is 52.5 Å². The number of ether oxygens (including phenoxy) is 2. The number of rotatable bonds is 8. The number of furan rings is 1. The molecule has 5 heteroatoms. The lowest BCUT2D eigenvalue weighted by Gasteiger charge is -2.15. The highest BCUT2D eigenvalue weighted by molar-refractivity contribution is 6.05. The first-order valence-electron chi connectivity index (χ1n) is 11.0. The molecule has 0 radical (unpaired) electrons. The summed E-state index contributed by atoms with van der Waals surface area (Å²) in [4.78, 5) is 4.94. The van der Waals surface area contributed by atoms with Crippen LogP contribution in [0.25, 0.3) is 21.9 Å². The molecule has 2 saturated heterocycles. The smallest absolute Gasteiger partial charge is 0.135 e. The minimum Gasteiger partial charge on any atom is -0.492 e. The summed E-state index contributed by atoms with van der Waals surface area (Å²) in [5, 5.41) is 2.17. The van der Waals surface area contributed by atoms with E-state index in [0.29, 0.717) is 0 Å². The highest BCUT2D eigenvalue weighted by Crippen LogP contribution is 2.33. The highest BCUT2D eigenvalue weighted by atomic mass is 16.5. The lowest BCUT2D eigenvalue weighted by Crippen LogP contribution is -2.25. The Bertz CT molecular complexity index is 879. The van der Waals surface area contributed by atoms with Crippen molar-refractivity contribution in [2.24, 2.45) is 0 Å². The predicted octanol–water partition coefficient (Wildman–Crippen LogP) is 4.54. The van der Waals surface area contributed by atoms with Crippen LogP contribution in [0.1, 0.15) is 25.7 Å². The van der Waals surface area contributed by atoms with Gasteiger partial charge < -0.3 is 13.9 Å². The van der Waals surface area contributed by atoms with Gasteiger partial charge in [0.2, 0.25) is 0 Å². The van der Waals surface area contributed by atoms with Crippen LogP contribution in [0.2, 0.25) is 0 Å². The van der Waals surface area contributed by atoms with Gasteiger partial charge in [-0.2, -0.15) is 0 Å². The van der Waals surface area contributed by atoms with Gasteiger partial charge in [-0.15, -0.1) is 0 Å². The maximum absolute atomic E-state index is 6.03. The van der Waals surface area contributed by atoms with Gasteiger partial charge in [0.15, 0.2) is 0 Å². The summed E-state index contributed by atoms with van der Waals surface area (Å²) in [7, 11) is 0. The fourth-order valence-electron chi connectivity index (χ4n) is 4.51. The SMILES string of the molecule is c1cc2oc3ccc(OCCN4CCCC4)cc3c2cc1OCCN1CCCC1. The van der Waals surface area contributed by atoms with E-state index in [4.69, 9.17) is 13.9 Å². The second-order valence-corrected chi connectivity index (χ2v) is 8.21. The lowest BCUT2D eigenvalue weighted by atomic mass is 10.1. The van der Waals surface area contributed by atoms with Crippen molar-refractivity contribution in [1.29, 1.82) is 0 Å². The molecule has 2 aromatic carbocycles. The molecule has 2 fully saturated rings. The van der Waals surface area contributed by atoms with E-state index >= 15 is 0 Å². The van der Waals surface area contributed by atoms with Crippen molar-refractivity contribution in [2.45, 2.75) is 25.7 Å². The molecular formula is C24H30N2O3. The summed E-state index contributed by atoms with van der Waals surface area (Å²) in [5.74, 6) is 1.81. The Labute approximate surface area is 172 Å². The number of hydrogen-bond acceptors (Lipinski definition) is 5. The molecule has 1 aromatic heterocycles. The molecule has 2 aliphatic heterocycles. The molecule has 5 rings (SSSR count). The Balaban J connectivity index is 1.27. The zero-order valence-corrected chi connectivity index (χ0v) is 17.1. The van der Waals surface area contributed by atoms with E-state index in [1.165, 1.54) is 51.9 Å². The molecule has 3 aromatic rings. The Morgan fingerprint density at radius 2 is 1.10 bits per heavy atom. The number of fused-ring (bicyclic) bond motifs is 3. The monoisotopic (exact) mass is 394 g/mol. The van der Waals surface area contributed by atoms with Gasteiger partial charge in [0, 0.05) is 23.9 Å². The van der Waals surface area contributed by atoms with Crippen molar-refractivity contribution in [1.82, 2.24) is 9.80 Å². The molecule has 0 saturated carbocycles. The van der Waals surface area contributed by atoms with E-state index in [2.05, 4.69) is 21.9 Å². The van der Waals surface area contributed by atoms with Gasteiger partial charge in [-0.3, -0.25) is 9.80 Å². The molecule has 0 N–H and O–H groups in total. The third-order valence-electron chi connectivity index (χ3n) is 6.16. The molecule has 0 spiro atoms. The predicted molar refractivity (Wildman–Crippen MR) is 116 cm³/mol. The number of benzene rings is 2. The lowest BCUT2D eigenvalue weighted by molar-refractivity contribution is 0.238. The zero-order valence-electron chi connectivity index (χ0n) is 17.1. The standard InChI is InChI=1S/C24H30N2O3/c1-2-10-25(9-1)13-15-27-19-5-7-23-21(17-19)22-18-20(6-8-24(22)29-23)28-16-14-26-11-3-4-12-26/h5-8,17-18H,1-4,9-16H2. The molecule has 0 unspecified atom stereocenters. The van der Waals surface area contributed by atoms with Crippen molar-refractivity contribution in [3.8, 4) is 11.5 Å². The number of nitrogens with zero attached hydrogens (tertiary/aromatic N) is 2. The summed E-state index contributed by atoms with van der Waals surface area (Å²) < 4.78 is 18.1. The van der Waals surface area contributed by atoms with Gasteiger partial charge in [0.1, 0.15) is 35.9 Å². The van der Waals surface area contributed by atoms with Gasteiger partial charge in [0.05, 0.1) is 0 Å². The van der Waals surface area contributed by atoms with Crippen LogP contribution in [0.3, 0.4) is 0 Å². The third kappa shape index (κ3) is 4.36. The van der Waals surface area contributed by atoms with Crippen LogP contribution in [0.4, 0.5) is 0 Å². The van der Waals surface area contributed by atoms with Crippen LogP contribution in [0, 0.1) is 0 Å². The molecule has 5 nitrogen and oxygen atoms in total. The highest BCUT2D eigenvalue weighted by Gasteiger charge is 2.13. The Kier molecular flexibility index (Phi) is 5.59. The molecule has 0 bridgehead atoms. The Hall–Kier alpha value is -2.24. The van der Waals surface area contributed by atoms with Gasteiger partial charge >= 0.3 is 0 Å². The summed E-state index contributed by atoms with van der Waals surface area (Å²) in [6.45, 7) is 8.27. The van der Waals surface area contributed by atoms with Crippen LogP contribution < -0.4 is 9.47 Å². The zero-order chi connectivity index (χ0) is 19.5. The minimum absolute atomic E-state index is 0.728. The van der Waals surface area contributed by atoms with Gasteiger partial charge in [-0.25, -0.2) is 0 Å². The minimum atomic E-state index is 0.728. The normalized spacial score (nSPS) is 18.2. The number of hydrogen-bond donors (Lipinski definition) is 0. The van der Waals surface area contributed by atoms with Crippen LogP contribution in [-0.4, -0.2) is 62.3 Å². The van der Waals surface area contributed by atoms with E-state index in [1.807, 2.05) is 24.3 Å². The maximum atomic E-state index is 6.03. The maximum Gasteiger partial charge on any atom is 0.135 e. The first-order chi connectivity index (χ1) is 14.3. The number of likely N-dealkylation sites (tertiary alicyclic amines) is 2. The summed E-state index contributed by atoms with van der Waals surface area (Å²) in [5.41, 5.74) is 1.78. The molecule has 3 heterocycles. The second kappa shape index (κ2) is 8.64. The molecule has 2 aliphatic rings. The second-order valence-electron chi connectivity index (χ2n) is 8.21.